The Kier molecular flexibility index (Phi) is 4.13. The second-order valence-electron chi connectivity index (χ2n) is 6.91. The van der Waals surface area contributed by atoms with Gasteiger partial charge in [0.05, 0.1) is 6.42 Å². The molecule has 1 aliphatic heterocycles. The standard InChI is InChI=1S/C23H19NO3/c1-15-7-12-20-19(13-15)23(27,22(26)24-20)14-21(25)18-10-8-17(9-11-18)16-5-3-2-4-6-16/h2-13,27H,14H2,1H3,(H,24,26)/t23-/m1/s1. The van der Waals surface area contributed by atoms with Crippen molar-refractivity contribution in [3.05, 3.63) is 89.5 Å². The molecule has 0 spiro atoms. The molecule has 0 bridgehead atoms. The number of anilines is 1. The summed E-state index contributed by atoms with van der Waals surface area (Å²) >= 11 is 0. The Bertz CT molecular complexity index is 1030. The number of nitrogens with one attached hydrogen (secondary N) is 1. The van der Waals surface area contributed by atoms with E-state index in [0.29, 0.717) is 16.8 Å². The molecule has 1 atom stereocenters. The molecule has 0 fully saturated rings. The van der Waals surface area contributed by atoms with Crippen LogP contribution in [0.4, 0.5) is 5.69 Å². The van der Waals surface area contributed by atoms with E-state index in [1.807, 2.05) is 55.5 Å². The Hall–Kier alpha value is -3.24. The summed E-state index contributed by atoms with van der Waals surface area (Å²) in [7, 11) is 0. The highest BCUT2D eigenvalue weighted by atomic mass is 16.3. The smallest absolute Gasteiger partial charge is 0.261 e. The summed E-state index contributed by atoms with van der Waals surface area (Å²) in [5.41, 5.74) is 2.64. The van der Waals surface area contributed by atoms with Gasteiger partial charge in [0.15, 0.2) is 11.4 Å². The van der Waals surface area contributed by atoms with Crippen molar-refractivity contribution in [1.82, 2.24) is 0 Å². The van der Waals surface area contributed by atoms with E-state index in [1.165, 1.54) is 0 Å². The van der Waals surface area contributed by atoms with Crippen molar-refractivity contribution in [3.63, 3.8) is 0 Å². The van der Waals surface area contributed by atoms with Crippen molar-refractivity contribution in [1.29, 1.82) is 0 Å². The highest BCUT2D eigenvalue weighted by Crippen LogP contribution is 2.39. The molecule has 0 aromatic heterocycles. The van der Waals surface area contributed by atoms with Crippen LogP contribution in [0.2, 0.25) is 0 Å². The van der Waals surface area contributed by atoms with Gasteiger partial charge in [-0.1, -0.05) is 72.3 Å². The minimum atomic E-state index is -1.84. The lowest BCUT2D eigenvalue weighted by molar-refractivity contribution is -0.133. The van der Waals surface area contributed by atoms with Gasteiger partial charge in [0.1, 0.15) is 0 Å². The number of ketones is 1. The van der Waals surface area contributed by atoms with Gasteiger partial charge in [-0.25, -0.2) is 0 Å². The van der Waals surface area contributed by atoms with Gasteiger partial charge >= 0.3 is 0 Å². The van der Waals surface area contributed by atoms with Crippen LogP contribution in [0, 0.1) is 6.92 Å². The van der Waals surface area contributed by atoms with Crippen molar-refractivity contribution < 1.29 is 14.7 Å². The molecule has 4 rings (SSSR count). The third-order valence-electron chi connectivity index (χ3n) is 4.97. The van der Waals surface area contributed by atoms with Crippen molar-refractivity contribution in [2.24, 2.45) is 0 Å². The summed E-state index contributed by atoms with van der Waals surface area (Å²) in [6, 6.07) is 22.4. The lowest BCUT2D eigenvalue weighted by Gasteiger charge is -2.20. The number of Topliss-reactive ketones (excluding diaryl/α,β-unsaturated/α-hetero) is 1. The molecule has 1 heterocycles. The molecule has 1 amide bonds. The van der Waals surface area contributed by atoms with Crippen LogP contribution in [-0.2, 0) is 10.4 Å². The van der Waals surface area contributed by atoms with Crippen LogP contribution in [0.25, 0.3) is 11.1 Å². The van der Waals surface area contributed by atoms with E-state index in [9.17, 15) is 14.7 Å². The van der Waals surface area contributed by atoms with E-state index in [1.54, 1.807) is 24.3 Å². The fraction of sp³-hybridized carbons (Fsp3) is 0.130. The maximum absolute atomic E-state index is 12.8. The number of carbonyl (C=O) groups is 2. The first-order chi connectivity index (χ1) is 13.0. The monoisotopic (exact) mass is 357 g/mol. The number of carbonyl (C=O) groups excluding carboxylic acids is 2. The van der Waals surface area contributed by atoms with Crippen molar-refractivity contribution in [2.75, 3.05) is 5.32 Å². The Balaban J connectivity index is 1.59. The van der Waals surface area contributed by atoms with Gasteiger partial charge in [-0.2, -0.15) is 0 Å². The van der Waals surface area contributed by atoms with Gasteiger partial charge < -0.3 is 10.4 Å². The number of hydrogen-bond acceptors (Lipinski definition) is 3. The molecule has 4 heteroatoms. The number of benzene rings is 3. The minimum Gasteiger partial charge on any atom is -0.375 e. The number of hydrogen-bond donors (Lipinski definition) is 2. The van der Waals surface area contributed by atoms with Crippen LogP contribution >= 0.6 is 0 Å². The fourth-order valence-electron chi connectivity index (χ4n) is 3.45. The van der Waals surface area contributed by atoms with E-state index >= 15 is 0 Å². The highest BCUT2D eigenvalue weighted by molar-refractivity contribution is 6.09. The van der Waals surface area contributed by atoms with Gasteiger partial charge in [-0.3, -0.25) is 9.59 Å². The van der Waals surface area contributed by atoms with Gasteiger partial charge in [0.25, 0.3) is 5.91 Å². The van der Waals surface area contributed by atoms with E-state index in [4.69, 9.17) is 0 Å². The summed E-state index contributed by atoms with van der Waals surface area (Å²) in [6.45, 7) is 1.88. The van der Waals surface area contributed by atoms with Crippen LogP contribution in [0.5, 0.6) is 0 Å². The molecular formula is C23H19NO3. The topological polar surface area (TPSA) is 66.4 Å². The fourth-order valence-corrected chi connectivity index (χ4v) is 3.45. The Morgan fingerprint density at radius 1 is 0.963 bits per heavy atom. The molecule has 0 unspecified atom stereocenters. The number of aryl methyl sites for hydroxylation is 1. The third-order valence-corrected chi connectivity index (χ3v) is 4.97. The molecule has 134 valence electrons. The molecule has 3 aromatic rings. The predicted octanol–water partition coefficient (Wildman–Crippen LogP) is 4.07. The maximum Gasteiger partial charge on any atom is 0.261 e. The van der Waals surface area contributed by atoms with Gasteiger partial charge in [-0.05, 0) is 24.1 Å². The molecule has 1 aliphatic rings. The van der Waals surface area contributed by atoms with E-state index in [2.05, 4.69) is 5.32 Å². The molecular weight excluding hydrogens is 338 g/mol. The number of amides is 1. The molecule has 0 saturated carbocycles. The average Bonchev–Trinajstić information content (AvgIpc) is 2.93. The Labute approximate surface area is 157 Å². The molecule has 4 nitrogen and oxygen atoms in total. The maximum atomic E-state index is 12.8. The molecule has 0 aliphatic carbocycles. The number of aliphatic hydroxyl groups is 1. The SMILES string of the molecule is Cc1ccc2c(c1)[C@](O)(CC(=O)c1ccc(-c3ccccc3)cc1)C(=O)N2. The molecule has 0 saturated heterocycles. The quantitative estimate of drug-likeness (QED) is 0.692. The Morgan fingerprint density at radius 3 is 2.33 bits per heavy atom. The first-order valence-electron chi connectivity index (χ1n) is 8.81. The van der Waals surface area contributed by atoms with Gasteiger partial charge in [0.2, 0.25) is 0 Å². The van der Waals surface area contributed by atoms with Crippen LogP contribution in [0.15, 0.2) is 72.8 Å². The zero-order valence-corrected chi connectivity index (χ0v) is 14.9. The largest absolute Gasteiger partial charge is 0.375 e. The predicted molar refractivity (Wildman–Crippen MR) is 105 cm³/mol. The summed E-state index contributed by atoms with van der Waals surface area (Å²) < 4.78 is 0. The second-order valence-corrected chi connectivity index (χ2v) is 6.91. The zero-order valence-electron chi connectivity index (χ0n) is 14.9. The zero-order chi connectivity index (χ0) is 19.0. The lowest BCUT2D eigenvalue weighted by Crippen LogP contribution is -2.36. The van der Waals surface area contributed by atoms with Crippen molar-refractivity contribution in [2.45, 2.75) is 18.9 Å². The normalized spacial score (nSPS) is 18.1. The molecule has 27 heavy (non-hydrogen) atoms. The van der Waals surface area contributed by atoms with Crippen LogP contribution in [-0.4, -0.2) is 16.8 Å². The van der Waals surface area contributed by atoms with Crippen LogP contribution in [0.1, 0.15) is 27.9 Å². The lowest BCUT2D eigenvalue weighted by atomic mass is 9.87. The Morgan fingerprint density at radius 2 is 1.63 bits per heavy atom. The van der Waals surface area contributed by atoms with E-state index in [-0.39, 0.29) is 12.2 Å². The number of rotatable bonds is 4. The molecule has 0 radical (unpaired) electrons. The third kappa shape index (κ3) is 3.04. The van der Waals surface area contributed by atoms with E-state index < -0.39 is 11.5 Å². The molecule has 2 N–H and O–H groups in total. The van der Waals surface area contributed by atoms with Gasteiger partial charge in [0, 0.05) is 16.8 Å². The van der Waals surface area contributed by atoms with Crippen molar-refractivity contribution in [3.8, 4) is 11.1 Å². The minimum absolute atomic E-state index is 0.276. The highest BCUT2D eigenvalue weighted by Gasteiger charge is 2.46. The summed E-state index contributed by atoms with van der Waals surface area (Å²) in [5, 5.41) is 13.6. The van der Waals surface area contributed by atoms with E-state index in [0.717, 1.165) is 16.7 Å². The number of fused-ring (bicyclic) bond motifs is 1. The summed E-state index contributed by atoms with van der Waals surface area (Å²) in [4.78, 5) is 25.1. The summed E-state index contributed by atoms with van der Waals surface area (Å²) in [5.74, 6) is -0.834. The summed E-state index contributed by atoms with van der Waals surface area (Å²) in [6.07, 6.45) is -0.292. The van der Waals surface area contributed by atoms with Crippen LogP contribution in [0.3, 0.4) is 0 Å². The second kappa shape index (κ2) is 6.49. The average molecular weight is 357 g/mol. The van der Waals surface area contributed by atoms with Crippen LogP contribution < -0.4 is 5.32 Å². The van der Waals surface area contributed by atoms with Crippen molar-refractivity contribution >= 4 is 17.4 Å². The molecule has 3 aromatic carbocycles. The first-order valence-corrected chi connectivity index (χ1v) is 8.81. The first kappa shape index (κ1) is 17.2. The van der Waals surface area contributed by atoms with Gasteiger partial charge in [-0.15, -0.1) is 0 Å².